The fourth-order valence-corrected chi connectivity index (χ4v) is 3.55. The van der Waals surface area contributed by atoms with Crippen LogP contribution in [0.3, 0.4) is 0 Å². The predicted octanol–water partition coefficient (Wildman–Crippen LogP) is 3.51. The van der Waals surface area contributed by atoms with E-state index in [-0.39, 0.29) is 36.9 Å². The zero-order valence-corrected chi connectivity index (χ0v) is 17.4. The molecule has 3 amide bonds. The fourth-order valence-electron chi connectivity index (χ4n) is 3.55. The average Bonchev–Trinajstić information content (AvgIpc) is 3.62. The van der Waals surface area contributed by atoms with Crippen molar-refractivity contribution in [3.8, 4) is 0 Å². The van der Waals surface area contributed by atoms with Crippen LogP contribution in [0.5, 0.6) is 0 Å². The zero-order valence-electron chi connectivity index (χ0n) is 17.4. The van der Waals surface area contributed by atoms with Gasteiger partial charge in [0.25, 0.3) is 5.91 Å². The molecule has 6 nitrogen and oxygen atoms in total. The predicted molar refractivity (Wildman–Crippen MR) is 121 cm³/mol. The highest BCUT2D eigenvalue weighted by Crippen LogP contribution is 2.29. The molecule has 3 aromatic rings. The van der Waals surface area contributed by atoms with Gasteiger partial charge in [0.05, 0.1) is 6.54 Å². The summed E-state index contributed by atoms with van der Waals surface area (Å²) in [5.41, 5.74) is 2.37. The van der Waals surface area contributed by atoms with Crippen LogP contribution in [0.2, 0.25) is 0 Å². The van der Waals surface area contributed by atoms with Crippen LogP contribution in [0.1, 0.15) is 28.8 Å². The van der Waals surface area contributed by atoms with Crippen LogP contribution in [0.25, 0.3) is 10.8 Å². The molecule has 0 heterocycles. The lowest BCUT2D eigenvalue weighted by atomic mass is 10.0. The van der Waals surface area contributed by atoms with Gasteiger partial charge in [-0.2, -0.15) is 0 Å². The molecular weight excluding hydrogens is 390 g/mol. The van der Waals surface area contributed by atoms with Crippen molar-refractivity contribution >= 4 is 34.2 Å². The van der Waals surface area contributed by atoms with Crippen molar-refractivity contribution in [2.75, 3.05) is 18.4 Å². The minimum atomic E-state index is -0.348. The molecule has 1 fully saturated rings. The first-order chi connectivity index (χ1) is 15.0. The van der Waals surface area contributed by atoms with Gasteiger partial charge in [-0.1, -0.05) is 54.1 Å². The third-order valence-corrected chi connectivity index (χ3v) is 5.36. The number of carbonyl (C=O) groups excluding carboxylic acids is 3. The van der Waals surface area contributed by atoms with Crippen molar-refractivity contribution in [1.29, 1.82) is 0 Å². The topological polar surface area (TPSA) is 78.5 Å². The maximum atomic E-state index is 13.2. The molecule has 0 radical (unpaired) electrons. The zero-order chi connectivity index (χ0) is 21.8. The minimum Gasteiger partial charge on any atom is -0.345 e. The van der Waals surface area contributed by atoms with Gasteiger partial charge < -0.3 is 15.5 Å². The van der Waals surface area contributed by atoms with Gasteiger partial charge in [0.1, 0.15) is 6.54 Å². The van der Waals surface area contributed by atoms with Crippen molar-refractivity contribution in [2.24, 2.45) is 0 Å². The molecule has 1 saturated carbocycles. The normalized spacial score (nSPS) is 12.9. The van der Waals surface area contributed by atoms with Crippen molar-refractivity contribution < 1.29 is 14.4 Å². The van der Waals surface area contributed by atoms with Crippen LogP contribution in [0, 0.1) is 6.92 Å². The minimum absolute atomic E-state index is 0.0649. The first-order valence-corrected chi connectivity index (χ1v) is 10.4. The monoisotopic (exact) mass is 415 g/mol. The third-order valence-electron chi connectivity index (χ3n) is 5.36. The second-order valence-corrected chi connectivity index (χ2v) is 7.88. The molecule has 0 spiro atoms. The quantitative estimate of drug-likeness (QED) is 0.620. The van der Waals surface area contributed by atoms with Gasteiger partial charge >= 0.3 is 0 Å². The summed E-state index contributed by atoms with van der Waals surface area (Å²) in [6.07, 6.45) is 1.77. The van der Waals surface area contributed by atoms with Gasteiger partial charge in [-0.05, 0) is 48.7 Å². The first-order valence-electron chi connectivity index (χ1n) is 10.4. The summed E-state index contributed by atoms with van der Waals surface area (Å²) in [5, 5.41) is 7.23. The molecule has 31 heavy (non-hydrogen) atoms. The smallest absolute Gasteiger partial charge is 0.255 e. The summed E-state index contributed by atoms with van der Waals surface area (Å²) in [5.74, 6) is -0.811. The molecule has 0 bridgehead atoms. The van der Waals surface area contributed by atoms with E-state index < -0.39 is 0 Å². The summed E-state index contributed by atoms with van der Waals surface area (Å²) < 4.78 is 0. The summed E-state index contributed by atoms with van der Waals surface area (Å²) >= 11 is 0. The van der Waals surface area contributed by atoms with Gasteiger partial charge in [-0.25, -0.2) is 0 Å². The summed E-state index contributed by atoms with van der Waals surface area (Å²) in [4.78, 5) is 39.5. The number of amides is 3. The molecule has 4 rings (SSSR count). The van der Waals surface area contributed by atoms with E-state index in [1.54, 1.807) is 11.0 Å². The van der Waals surface area contributed by atoms with Gasteiger partial charge in [0.15, 0.2) is 0 Å². The molecule has 0 unspecified atom stereocenters. The molecule has 0 atom stereocenters. The highest BCUT2D eigenvalue weighted by atomic mass is 16.2. The Morgan fingerprint density at radius 1 is 0.903 bits per heavy atom. The van der Waals surface area contributed by atoms with Gasteiger partial charge in [0, 0.05) is 17.3 Å². The second kappa shape index (κ2) is 9.00. The van der Waals surface area contributed by atoms with Crippen LogP contribution in [0.4, 0.5) is 5.69 Å². The maximum absolute atomic E-state index is 13.2. The Bertz CT molecular complexity index is 1120. The maximum Gasteiger partial charge on any atom is 0.255 e. The molecule has 2 N–H and O–H groups in total. The van der Waals surface area contributed by atoms with E-state index in [2.05, 4.69) is 10.6 Å². The number of nitrogens with zero attached hydrogens (tertiary/aromatic N) is 1. The highest BCUT2D eigenvalue weighted by molar-refractivity contribution is 6.08. The molecule has 0 aliphatic heterocycles. The number of rotatable bonds is 7. The first kappa shape index (κ1) is 20.6. The Morgan fingerprint density at radius 2 is 1.61 bits per heavy atom. The Balaban J connectivity index is 1.38. The van der Waals surface area contributed by atoms with E-state index >= 15 is 0 Å². The number of benzene rings is 3. The number of aryl methyl sites for hydroxylation is 1. The Labute approximate surface area is 181 Å². The number of hydrogen-bond acceptors (Lipinski definition) is 3. The van der Waals surface area contributed by atoms with Crippen molar-refractivity contribution in [1.82, 2.24) is 10.2 Å². The van der Waals surface area contributed by atoms with Gasteiger partial charge in [0.2, 0.25) is 11.8 Å². The molecule has 1 aliphatic rings. The number of nitrogens with one attached hydrogen (secondary N) is 2. The van der Waals surface area contributed by atoms with Gasteiger partial charge in [-0.3, -0.25) is 14.4 Å². The van der Waals surface area contributed by atoms with Crippen LogP contribution in [-0.4, -0.2) is 41.8 Å². The summed E-state index contributed by atoms with van der Waals surface area (Å²) in [6.45, 7) is 1.76. The lowest BCUT2D eigenvalue weighted by molar-refractivity contribution is -0.124. The third kappa shape index (κ3) is 5.09. The van der Waals surface area contributed by atoms with E-state index in [9.17, 15) is 14.4 Å². The van der Waals surface area contributed by atoms with Gasteiger partial charge in [-0.15, -0.1) is 0 Å². The van der Waals surface area contributed by atoms with E-state index in [1.807, 2.05) is 67.6 Å². The van der Waals surface area contributed by atoms with Crippen molar-refractivity contribution in [2.45, 2.75) is 25.8 Å². The fraction of sp³-hybridized carbons (Fsp3) is 0.240. The Morgan fingerprint density at radius 3 is 2.35 bits per heavy atom. The summed E-state index contributed by atoms with van der Waals surface area (Å²) in [7, 11) is 0. The average molecular weight is 415 g/mol. The van der Waals surface area contributed by atoms with Crippen LogP contribution in [0.15, 0.2) is 66.7 Å². The second-order valence-electron chi connectivity index (χ2n) is 7.88. The van der Waals surface area contributed by atoms with E-state index in [0.29, 0.717) is 11.3 Å². The lowest BCUT2D eigenvalue weighted by Crippen LogP contribution is -2.44. The van der Waals surface area contributed by atoms with E-state index in [0.717, 1.165) is 29.2 Å². The van der Waals surface area contributed by atoms with Crippen LogP contribution < -0.4 is 10.6 Å². The standard InChI is InChI=1S/C25H25N3O3/c1-17-9-11-19(12-10-17)27-23(29)15-26-24(30)16-28(20-13-14-20)25(31)22-8-4-6-18-5-2-3-7-21(18)22/h2-12,20H,13-16H2,1H3,(H,26,30)(H,27,29). The number of fused-ring (bicyclic) bond motifs is 1. The van der Waals surface area contributed by atoms with Crippen LogP contribution >= 0.6 is 0 Å². The molecule has 0 aromatic heterocycles. The molecule has 0 saturated heterocycles. The molecule has 3 aromatic carbocycles. The van der Waals surface area contributed by atoms with E-state index in [4.69, 9.17) is 0 Å². The Hall–Kier alpha value is -3.67. The highest BCUT2D eigenvalue weighted by Gasteiger charge is 2.34. The number of carbonyl (C=O) groups is 3. The molecular formula is C25H25N3O3. The van der Waals surface area contributed by atoms with Crippen molar-refractivity contribution in [3.05, 3.63) is 77.9 Å². The molecule has 158 valence electrons. The Kier molecular flexibility index (Phi) is 5.98. The van der Waals surface area contributed by atoms with Crippen molar-refractivity contribution in [3.63, 3.8) is 0 Å². The van der Waals surface area contributed by atoms with E-state index in [1.165, 1.54) is 0 Å². The lowest BCUT2D eigenvalue weighted by Gasteiger charge is -2.22. The number of anilines is 1. The molecule has 1 aliphatic carbocycles. The summed E-state index contributed by atoms with van der Waals surface area (Å²) in [6, 6.07) is 20.8. The number of hydrogen-bond donors (Lipinski definition) is 2. The molecule has 6 heteroatoms. The SMILES string of the molecule is Cc1ccc(NC(=O)CNC(=O)CN(C(=O)c2cccc3ccccc23)C2CC2)cc1. The van der Waals surface area contributed by atoms with Crippen LogP contribution in [-0.2, 0) is 9.59 Å². The largest absolute Gasteiger partial charge is 0.345 e.